The lowest BCUT2D eigenvalue weighted by Gasteiger charge is -2.38. The number of rotatable bonds is 3. The average molecular weight is 529 g/mol. The fraction of sp³-hybridized carbons (Fsp3) is 0.333. The Labute approximate surface area is 199 Å². The number of halogens is 8. The van der Waals surface area contributed by atoms with Crippen LogP contribution in [-0.2, 0) is 12.4 Å². The maximum absolute atomic E-state index is 13.1. The molecule has 2 N–H and O–H groups in total. The number of benzene rings is 2. The zero-order valence-electron chi connectivity index (χ0n) is 17.0. The first-order valence-electron chi connectivity index (χ1n) is 9.70. The van der Waals surface area contributed by atoms with E-state index in [2.05, 4.69) is 5.32 Å². The minimum Gasteiger partial charge on any atom is -0.465 e. The minimum atomic E-state index is -5.11. The highest BCUT2D eigenvalue weighted by molar-refractivity contribution is 6.42. The second kappa shape index (κ2) is 9.53. The van der Waals surface area contributed by atoms with Gasteiger partial charge in [-0.1, -0.05) is 29.3 Å². The van der Waals surface area contributed by atoms with Gasteiger partial charge in [0.05, 0.1) is 21.2 Å². The van der Waals surface area contributed by atoms with Crippen LogP contribution >= 0.6 is 23.2 Å². The first-order chi connectivity index (χ1) is 15.7. The van der Waals surface area contributed by atoms with Crippen LogP contribution in [0.3, 0.4) is 0 Å². The number of hydrogen-bond donors (Lipinski definition) is 2. The number of amides is 2. The zero-order chi connectivity index (χ0) is 25.4. The van der Waals surface area contributed by atoms with E-state index in [9.17, 15) is 41.0 Å². The summed E-state index contributed by atoms with van der Waals surface area (Å²) in [4.78, 5) is 25.3. The Morgan fingerprint density at radius 3 is 2.03 bits per heavy atom. The number of likely N-dealkylation sites (tertiary alicyclic amines) is 1. The number of piperidine rings is 1. The van der Waals surface area contributed by atoms with Crippen LogP contribution in [0.2, 0.25) is 10.0 Å². The summed E-state index contributed by atoms with van der Waals surface area (Å²) in [7, 11) is 0. The van der Waals surface area contributed by atoms with Crippen molar-refractivity contribution in [2.24, 2.45) is 0 Å². The Morgan fingerprint density at radius 2 is 1.53 bits per heavy atom. The van der Waals surface area contributed by atoms with Gasteiger partial charge >= 0.3 is 18.4 Å². The number of nitrogens with one attached hydrogen (secondary N) is 1. The lowest BCUT2D eigenvalue weighted by Crippen LogP contribution is -2.51. The third kappa shape index (κ3) is 5.87. The highest BCUT2D eigenvalue weighted by Gasteiger charge is 2.38. The molecular formula is C21H16Cl2F6N2O3. The molecule has 2 aromatic rings. The van der Waals surface area contributed by atoms with Gasteiger partial charge < -0.3 is 15.3 Å². The molecule has 0 saturated carbocycles. The van der Waals surface area contributed by atoms with Gasteiger partial charge in [-0.25, -0.2) is 4.79 Å². The summed E-state index contributed by atoms with van der Waals surface area (Å²) >= 11 is 12.0. The van der Waals surface area contributed by atoms with Gasteiger partial charge in [-0.3, -0.25) is 4.79 Å². The fourth-order valence-corrected chi connectivity index (χ4v) is 4.02. The van der Waals surface area contributed by atoms with Crippen LogP contribution in [0.1, 0.15) is 39.4 Å². The van der Waals surface area contributed by atoms with Crippen LogP contribution in [0.4, 0.5) is 31.1 Å². The summed E-state index contributed by atoms with van der Waals surface area (Å²) in [6.45, 7) is -0.0941. The van der Waals surface area contributed by atoms with Crippen molar-refractivity contribution in [2.75, 3.05) is 13.1 Å². The Bertz CT molecular complexity index is 1070. The van der Waals surface area contributed by atoms with Crippen LogP contribution in [0.5, 0.6) is 0 Å². The molecule has 34 heavy (non-hydrogen) atoms. The van der Waals surface area contributed by atoms with E-state index in [0.717, 1.165) is 4.90 Å². The molecule has 2 amide bonds. The Kier molecular flexibility index (Phi) is 7.28. The van der Waals surface area contributed by atoms with Gasteiger partial charge in [-0.15, -0.1) is 0 Å². The third-order valence-corrected chi connectivity index (χ3v) is 6.16. The molecule has 1 aliphatic heterocycles. The Hall–Kier alpha value is -2.66. The van der Waals surface area contributed by atoms with Crippen molar-refractivity contribution in [1.82, 2.24) is 10.2 Å². The highest BCUT2D eigenvalue weighted by Crippen LogP contribution is 2.37. The summed E-state index contributed by atoms with van der Waals surface area (Å²) in [6, 6.07) is 4.28. The van der Waals surface area contributed by atoms with E-state index in [1.54, 1.807) is 6.07 Å². The van der Waals surface area contributed by atoms with Crippen molar-refractivity contribution in [1.29, 1.82) is 0 Å². The molecule has 2 atom stereocenters. The summed E-state index contributed by atoms with van der Waals surface area (Å²) in [5.74, 6) is -1.84. The normalized spacial score (nSPS) is 19.1. The average Bonchev–Trinajstić information content (AvgIpc) is 2.74. The topological polar surface area (TPSA) is 69.6 Å². The van der Waals surface area contributed by atoms with Crippen LogP contribution in [0, 0.1) is 0 Å². The van der Waals surface area contributed by atoms with Crippen LogP contribution < -0.4 is 5.32 Å². The summed E-state index contributed by atoms with van der Waals surface area (Å²) < 4.78 is 78.9. The molecule has 184 valence electrons. The van der Waals surface area contributed by atoms with E-state index < -0.39 is 53.0 Å². The van der Waals surface area contributed by atoms with Crippen molar-refractivity contribution in [3.63, 3.8) is 0 Å². The second-order valence-electron chi connectivity index (χ2n) is 7.67. The van der Waals surface area contributed by atoms with E-state index in [4.69, 9.17) is 23.2 Å². The summed E-state index contributed by atoms with van der Waals surface area (Å²) in [5, 5.41) is 12.2. The SMILES string of the molecule is O=C(N[C@@H]1CCN(C(=O)O)C[C@H]1c1ccc(Cl)c(Cl)c1)c1cc(C(F)(F)F)cc(C(F)(F)F)c1. The Morgan fingerprint density at radius 1 is 0.941 bits per heavy atom. The van der Waals surface area contributed by atoms with Gasteiger partial charge in [0.1, 0.15) is 0 Å². The zero-order valence-corrected chi connectivity index (χ0v) is 18.5. The summed E-state index contributed by atoms with van der Waals surface area (Å²) in [6.07, 6.45) is -11.4. The van der Waals surface area contributed by atoms with Crippen molar-refractivity contribution < 1.29 is 41.0 Å². The first-order valence-corrected chi connectivity index (χ1v) is 10.5. The molecule has 13 heteroatoms. The number of hydrogen-bond acceptors (Lipinski definition) is 2. The van der Waals surface area contributed by atoms with Crippen LogP contribution in [0.25, 0.3) is 0 Å². The number of carbonyl (C=O) groups is 2. The van der Waals surface area contributed by atoms with Gasteiger partial charge in [0, 0.05) is 30.6 Å². The second-order valence-corrected chi connectivity index (χ2v) is 8.49. The van der Waals surface area contributed by atoms with Gasteiger partial charge in [0.15, 0.2) is 0 Å². The van der Waals surface area contributed by atoms with Crippen molar-refractivity contribution >= 4 is 35.2 Å². The van der Waals surface area contributed by atoms with Crippen LogP contribution in [-0.4, -0.2) is 41.1 Å². The molecule has 5 nitrogen and oxygen atoms in total. The number of carboxylic acid groups (broad SMARTS) is 1. The van der Waals surface area contributed by atoms with Gasteiger partial charge in [0.25, 0.3) is 5.91 Å². The van der Waals surface area contributed by atoms with E-state index >= 15 is 0 Å². The maximum Gasteiger partial charge on any atom is 0.416 e. The van der Waals surface area contributed by atoms with Gasteiger partial charge in [-0.05, 0) is 42.3 Å². The number of carbonyl (C=O) groups excluding carboxylic acids is 1. The smallest absolute Gasteiger partial charge is 0.416 e. The monoisotopic (exact) mass is 528 g/mol. The molecule has 1 fully saturated rings. The van der Waals surface area contributed by atoms with E-state index in [1.165, 1.54) is 12.1 Å². The van der Waals surface area contributed by atoms with Crippen LogP contribution in [0.15, 0.2) is 36.4 Å². The van der Waals surface area contributed by atoms with E-state index in [0.29, 0.717) is 17.7 Å². The van der Waals surface area contributed by atoms with E-state index in [-0.39, 0.29) is 35.6 Å². The molecule has 0 aromatic heterocycles. The molecule has 0 unspecified atom stereocenters. The van der Waals surface area contributed by atoms with Crippen molar-refractivity contribution in [3.8, 4) is 0 Å². The molecule has 0 bridgehead atoms. The first kappa shape index (κ1) is 26.0. The van der Waals surface area contributed by atoms with Crippen molar-refractivity contribution in [3.05, 3.63) is 68.7 Å². The fourth-order valence-electron chi connectivity index (χ4n) is 3.72. The number of alkyl halides is 6. The van der Waals surface area contributed by atoms with Gasteiger partial charge in [0.2, 0.25) is 0 Å². The molecule has 3 rings (SSSR count). The minimum absolute atomic E-state index is 0.00546. The quantitative estimate of drug-likeness (QED) is 0.459. The molecule has 1 heterocycles. The molecule has 2 aromatic carbocycles. The highest BCUT2D eigenvalue weighted by atomic mass is 35.5. The molecular weight excluding hydrogens is 513 g/mol. The molecule has 1 aliphatic rings. The predicted octanol–water partition coefficient (Wildman–Crippen LogP) is 6.30. The lowest BCUT2D eigenvalue weighted by molar-refractivity contribution is -0.143. The largest absolute Gasteiger partial charge is 0.465 e. The maximum atomic E-state index is 13.1. The standard InChI is InChI=1S/C21H16Cl2F6N2O3/c22-15-2-1-10(7-16(15)23)14-9-31(19(33)34)4-3-17(14)30-18(32)11-5-12(20(24,25)26)8-13(6-11)21(27,28)29/h1-2,5-8,14,17H,3-4,9H2,(H,30,32)(H,33,34)/t14-,17+/m0/s1. The lowest BCUT2D eigenvalue weighted by atomic mass is 9.85. The predicted molar refractivity (Wildman–Crippen MR) is 111 cm³/mol. The summed E-state index contributed by atoms with van der Waals surface area (Å²) in [5.41, 5.74) is -3.57. The Balaban J connectivity index is 1.95. The molecule has 1 saturated heterocycles. The number of nitrogens with zero attached hydrogens (tertiary/aromatic N) is 1. The molecule has 0 spiro atoms. The van der Waals surface area contributed by atoms with Gasteiger partial charge in [-0.2, -0.15) is 26.3 Å². The van der Waals surface area contributed by atoms with Crippen molar-refractivity contribution in [2.45, 2.75) is 30.7 Å². The molecule has 0 aliphatic carbocycles. The van der Waals surface area contributed by atoms with E-state index in [1.807, 2.05) is 0 Å². The third-order valence-electron chi connectivity index (χ3n) is 5.42. The molecule has 0 radical (unpaired) electrons.